The standard InChI is InChI=1S/C46H63Cl2N2P.Ru/c1-30-25-32(3)41(33(4)26-30)42-39(47)21-22-46(45(42)50-24-23-49-29-50,43-34(5)27-31(2)28-35(43)6)44(48)38-19-13-14-20-40(38)51(36-15-9-7-10-16-36)37-17-11-8-12-18-37;/h21-22,25-28,36-37,40,45,49H,7-20,23-24,29H2,1-6H3;. The molecule has 4 aliphatic carbocycles. The van der Waals surface area contributed by atoms with Crippen LogP contribution in [0.4, 0.5) is 0 Å². The summed E-state index contributed by atoms with van der Waals surface area (Å²) >= 11 is 16.1. The van der Waals surface area contributed by atoms with Crippen molar-refractivity contribution in [2.75, 3.05) is 19.8 Å². The summed E-state index contributed by atoms with van der Waals surface area (Å²) < 4.78 is 0. The molecule has 0 amide bonds. The molecular weight excluding hydrogens is 783 g/mol. The fourth-order valence-corrected chi connectivity index (χ4v) is 17.0. The molecular formula is C46H63Cl2N2PRu. The second-order valence-electron chi connectivity index (χ2n) is 17.0. The first-order valence-electron chi connectivity index (χ1n) is 20.5. The summed E-state index contributed by atoms with van der Waals surface area (Å²) in [7, 11) is -0.152. The van der Waals surface area contributed by atoms with E-state index in [1.54, 1.807) is 5.57 Å². The molecule has 3 unspecified atom stereocenters. The van der Waals surface area contributed by atoms with E-state index >= 15 is 0 Å². The molecule has 0 aromatic heterocycles. The Bertz CT molecular complexity index is 1630. The van der Waals surface area contributed by atoms with E-state index in [9.17, 15) is 0 Å². The molecule has 1 saturated heterocycles. The molecule has 1 heterocycles. The molecule has 2 nitrogen and oxygen atoms in total. The van der Waals surface area contributed by atoms with Crippen molar-refractivity contribution in [2.24, 2.45) is 0 Å². The first kappa shape index (κ1) is 40.9. The Morgan fingerprint density at radius 2 is 1.29 bits per heavy atom. The van der Waals surface area contributed by atoms with E-state index in [4.69, 9.17) is 23.2 Å². The van der Waals surface area contributed by atoms with Gasteiger partial charge in [0.2, 0.25) is 0 Å². The third-order valence-corrected chi connectivity index (χ3v) is 18.2. The molecule has 1 N–H and O–H groups in total. The molecule has 3 atom stereocenters. The van der Waals surface area contributed by atoms with E-state index in [2.05, 4.69) is 88.2 Å². The first-order chi connectivity index (χ1) is 24.6. The summed E-state index contributed by atoms with van der Waals surface area (Å²) in [5.74, 6) is 0. The fourth-order valence-electron chi connectivity index (χ4n) is 11.6. The molecule has 284 valence electrons. The van der Waals surface area contributed by atoms with E-state index in [1.807, 2.05) is 0 Å². The van der Waals surface area contributed by atoms with Gasteiger partial charge in [-0.15, -0.1) is 0 Å². The minimum atomic E-state index is -0.544. The van der Waals surface area contributed by atoms with E-state index in [1.165, 1.54) is 134 Å². The van der Waals surface area contributed by atoms with Gasteiger partial charge in [-0.2, -0.15) is 0 Å². The quantitative estimate of drug-likeness (QED) is 0.221. The van der Waals surface area contributed by atoms with E-state index in [0.29, 0.717) is 5.66 Å². The zero-order valence-corrected chi connectivity index (χ0v) is 36.9. The van der Waals surface area contributed by atoms with Crippen LogP contribution in [0.15, 0.2) is 52.1 Å². The Morgan fingerprint density at radius 3 is 1.83 bits per heavy atom. The number of benzene rings is 2. The molecule has 0 bridgehead atoms. The second-order valence-corrected chi connectivity index (χ2v) is 20.8. The number of hydrogen-bond acceptors (Lipinski definition) is 2. The van der Waals surface area contributed by atoms with Gasteiger partial charge in [-0.1, -0.05) is 118 Å². The van der Waals surface area contributed by atoms with E-state index < -0.39 is 5.41 Å². The second kappa shape index (κ2) is 17.6. The van der Waals surface area contributed by atoms with Crippen LogP contribution < -0.4 is 5.32 Å². The third-order valence-electron chi connectivity index (χ3n) is 13.3. The average Bonchev–Trinajstić information content (AvgIpc) is 3.64. The van der Waals surface area contributed by atoms with Crippen molar-refractivity contribution >= 4 is 36.7 Å². The maximum atomic E-state index is 8.53. The topological polar surface area (TPSA) is 15.3 Å². The predicted molar refractivity (Wildman–Crippen MR) is 224 cm³/mol. The van der Waals surface area contributed by atoms with Crippen LogP contribution in [0, 0.1) is 41.5 Å². The third kappa shape index (κ3) is 7.79. The van der Waals surface area contributed by atoms with Gasteiger partial charge in [-0.3, -0.25) is 4.90 Å². The molecule has 52 heavy (non-hydrogen) atoms. The van der Waals surface area contributed by atoms with Crippen molar-refractivity contribution in [3.8, 4) is 0 Å². The van der Waals surface area contributed by atoms with Crippen molar-refractivity contribution in [2.45, 2.75) is 160 Å². The molecule has 4 fully saturated rings. The monoisotopic (exact) mass is 846 g/mol. The molecule has 2 aromatic carbocycles. The van der Waals surface area contributed by atoms with E-state index in [0.717, 1.165) is 47.6 Å². The fraction of sp³-hybridized carbons (Fsp3) is 0.609. The average molecular weight is 847 g/mol. The number of rotatable bonds is 7. The number of nitrogens with zero attached hydrogens (tertiary/aromatic N) is 1. The van der Waals surface area contributed by atoms with Crippen LogP contribution in [0.5, 0.6) is 0 Å². The molecule has 1 aliphatic heterocycles. The summed E-state index contributed by atoms with van der Waals surface area (Å²) in [5, 5.41) is 5.73. The minimum Gasteiger partial charge on any atom is -0.303 e. The predicted octanol–water partition coefficient (Wildman–Crippen LogP) is 12.8. The maximum Gasteiger partial charge on any atom is 0.0695 e. The minimum absolute atomic E-state index is 0. The number of allylic oxidation sites excluding steroid dienone is 3. The molecule has 6 heteroatoms. The Morgan fingerprint density at radius 1 is 0.750 bits per heavy atom. The SMILES string of the molecule is Cc1cc(C)c(C2=C(Cl)C=CC(C(Cl)=C3CCCCC3P(C3CCCCC3)C3CCCCC3)(c3c(C)cc(C)cc3C)C2N2CCNC2)c(C)c1.[Ru]. The summed E-state index contributed by atoms with van der Waals surface area (Å²) in [4.78, 5) is 2.69. The van der Waals surface area contributed by atoms with Crippen LogP contribution in [0.25, 0.3) is 5.57 Å². The largest absolute Gasteiger partial charge is 0.303 e. The maximum absolute atomic E-state index is 8.53. The van der Waals surface area contributed by atoms with Gasteiger partial charge < -0.3 is 5.32 Å². The van der Waals surface area contributed by atoms with Crippen molar-refractivity contribution in [1.29, 1.82) is 0 Å². The Labute approximate surface area is 340 Å². The van der Waals surface area contributed by atoms with Gasteiger partial charge in [0, 0.05) is 55.0 Å². The zero-order valence-electron chi connectivity index (χ0n) is 32.8. The summed E-state index contributed by atoms with van der Waals surface area (Å²) in [6, 6.07) is 9.48. The van der Waals surface area contributed by atoms with Crippen LogP contribution >= 0.6 is 31.1 Å². The zero-order chi connectivity index (χ0) is 35.9. The van der Waals surface area contributed by atoms with Crippen LogP contribution in [0.1, 0.15) is 134 Å². The number of hydrogen-bond donors (Lipinski definition) is 1. The van der Waals surface area contributed by atoms with Crippen molar-refractivity contribution in [3.05, 3.63) is 96.6 Å². The van der Waals surface area contributed by atoms with Crippen LogP contribution in [-0.2, 0) is 24.9 Å². The molecule has 3 saturated carbocycles. The van der Waals surface area contributed by atoms with Gasteiger partial charge in [0.15, 0.2) is 0 Å². The van der Waals surface area contributed by atoms with Crippen LogP contribution in [0.2, 0.25) is 0 Å². The van der Waals surface area contributed by atoms with Crippen molar-refractivity contribution < 1.29 is 19.5 Å². The van der Waals surface area contributed by atoms with Gasteiger partial charge in [0.1, 0.15) is 0 Å². The molecule has 7 rings (SSSR count). The Balaban J connectivity index is 0.00000464. The van der Waals surface area contributed by atoms with Gasteiger partial charge >= 0.3 is 0 Å². The van der Waals surface area contributed by atoms with Gasteiger partial charge in [0.05, 0.1) is 11.5 Å². The number of aryl methyl sites for hydroxylation is 6. The summed E-state index contributed by atoms with van der Waals surface area (Å²) in [6.45, 7) is 16.5. The van der Waals surface area contributed by atoms with Crippen LogP contribution in [-0.4, -0.2) is 47.7 Å². The Kier molecular flexibility index (Phi) is 13.8. The van der Waals surface area contributed by atoms with Gasteiger partial charge in [0.25, 0.3) is 0 Å². The van der Waals surface area contributed by atoms with E-state index in [-0.39, 0.29) is 33.4 Å². The van der Waals surface area contributed by atoms with Gasteiger partial charge in [-0.05, 0) is 148 Å². The van der Waals surface area contributed by atoms with Crippen molar-refractivity contribution in [1.82, 2.24) is 10.2 Å². The molecule has 0 radical (unpaired) electrons. The summed E-state index contributed by atoms with van der Waals surface area (Å²) in [6.07, 6.45) is 24.1. The van der Waals surface area contributed by atoms with Crippen molar-refractivity contribution in [3.63, 3.8) is 0 Å². The molecule has 2 aromatic rings. The smallest absolute Gasteiger partial charge is 0.0695 e. The Hall–Kier alpha value is -0.787. The number of halogens is 2. The summed E-state index contributed by atoms with van der Waals surface area (Å²) in [5.41, 5.74) is 15.4. The normalized spacial score (nSPS) is 27.7. The molecule has 0 spiro atoms. The molecule has 5 aliphatic rings. The van der Waals surface area contributed by atoms with Crippen LogP contribution in [0.3, 0.4) is 0 Å². The number of nitrogens with one attached hydrogen (secondary N) is 1. The first-order valence-corrected chi connectivity index (χ1v) is 22.8. The van der Waals surface area contributed by atoms with Gasteiger partial charge in [-0.25, -0.2) is 0 Å².